The zero-order valence-electron chi connectivity index (χ0n) is 14.3. The summed E-state index contributed by atoms with van der Waals surface area (Å²) in [5.74, 6) is -0.455. The van der Waals surface area contributed by atoms with Crippen molar-refractivity contribution in [2.75, 3.05) is 0 Å². The maximum absolute atomic E-state index is 12.8. The van der Waals surface area contributed by atoms with Gasteiger partial charge in [-0.1, -0.05) is 18.2 Å². The summed E-state index contributed by atoms with van der Waals surface area (Å²) in [6.07, 6.45) is -1.43. The van der Waals surface area contributed by atoms with Crippen LogP contribution in [-0.4, -0.2) is 20.5 Å². The summed E-state index contributed by atoms with van der Waals surface area (Å²) < 4.78 is 40.0. The number of hydrogen-bond acceptors (Lipinski definition) is 4. The highest BCUT2D eigenvalue weighted by Gasteiger charge is 2.30. The summed E-state index contributed by atoms with van der Waals surface area (Å²) >= 11 is 1.54. The van der Waals surface area contributed by atoms with E-state index in [2.05, 4.69) is 15.4 Å². The van der Waals surface area contributed by atoms with E-state index < -0.39 is 17.6 Å². The highest BCUT2D eigenvalue weighted by atomic mass is 32.1. The van der Waals surface area contributed by atoms with Gasteiger partial charge in [-0.2, -0.15) is 18.3 Å². The average Bonchev–Trinajstić information content (AvgIpc) is 3.35. The third kappa shape index (κ3) is 3.48. The molecule has 0 radical (unpaired) electrons. The van der Waals surface area contributed by atoms with Crippen LogP contribution >= 0.6 is 11.3 Å². The number of thiophene rings is 1. The number of fused-ring (bicyclic) bond motifs is 1. The molecule has 5 nitrogen and oxygen atoms in total. The summed E-state index contributed by atoms with van der Waals surface area (Å²) in [5.41, 5.74) is 1.04. The van der Waals surface area contributed by atoms with Crippen LogP contribution in [0.2, 0.25) is 0 Å². The minimum atomic E-state index is -4.43. The molecule has 1 amide bonds. The molecule has 1 N–H and O–H groups in total. The maximum atomic E-state index is 12.8. The summed E-state index contributed by atoms with van der Waals surface area (Å²) in [7, 11) is 0. The van der Waals surface area contributed by atoms with Crippen LogP contribution in [0.4, 0.5) is 13.2 Å². The predicted octanol–water partition coefficient (Wildman–Crippen LogP) is 4.41. The first-order valence-corrected chi connectivity index (χ1v) is 9.12. The van der Waals surface area contributed by atoms with Gasteiger partial charge in [0, 0.05) is 12.7 Å². The lowest BCUT2D eigenvalue weighted by atomic mass is 10.1. The summed E-state index contributed by atoms with van der Waals surface area (Å²) in [4.78, 5) is 17.8. The molecule has 0 aliphatic heterocycles. The van der Waals surface area contributed by atoms with E-state index in [4.69, 9.17) is 0 Å². The number of amides is 1. The van der Waals surface area contributed by atoms with Crippen molar-refractivity contribution in [2.45, 2.75) is 12.7 Å². The number of carbonyl (C=O) groups excluding carboxylic acids is 1. The van der Waals surface area contributed by atoms with Crippen LogP contribution < -0.4 is 5.32 Å². The Balaban J connectivity index is 1.56. The standard InChI is InChI=1S/C19H13F3N4OS/c20-19(21,22)13-4-1-3-12(9-13)10-24-18(27)14-11-25-26-15(6-7-23-17(14)26)16-5-2-8-28-16/h1-9,11H,10H2,(H,24,27). The molecule has 0 bridgehead atoms. The molecule has 0 spiro atoms. The van der Waals surface area contributed by atoms with Crippen molar-refractivity contribution in [1.29, 1.82) is 0 Å². The van der Waals surface area contributed by atoms with Gasteiger partial charge >= 0.3 is 6.18 Å². The molecule has 142 valence electrons. The number of rotatable bonds is 4. The van der Waals surface area contributed by atoms with E-state index in [0.717, 1.165) is 22.7 Å². The van der Waals surface area contributed by atoms with Crippen molar-refractivity contribution in [1.82, 2.24) is 19.9 Å². The van der Waals surface area contributed by atoms with Crippen molar-refractivity contribution < 1.29 is 18.0 Å². The van der Waals surface area contributed by atoms with E-state index in [1.165, 1.54) is 29.7 Å². The molecule has 4 rings (SSSR count). The Morgan fingerprint density at radius 2 is 2.04 bits per heavy atom. The van der Waals surface area contributed by atoms with Gasteiger partial charge in [0.15, 0.2) is 5.65 Å². The molecule has 0 fully saturated rings. The van der Waals surface area contributed by atoms with Gasteiger partial charge in [0.1, 0.15) is 5.56 Å². The van der Waals surface area contributed by atoms with Crippen LogP contribution in [0.1, 0.15) is 21.5 Å². The second-order valence-electron chi connectivity index (χ2n) is 5.98. The number of halogens is 3. The van der Waals surface area contributed by atoms with Gasteiger partial charge in [0.05, 0.1) is 22.3 Å². The monoisotopic (exact) mass is 402 g/mol. The predicted molar refractivity (Wildman–Crippen MR) is 98.9 cm³/mol. The zero-order chi connectivity index (χ0) is 19.7. The fourth-order valence-electron chi connectivity index (χ4n) is 2.80. The molecule has 1 aromatic carbocycles. The second kappa shape index (κ2) is 7.08. The van der Waals surface area contributed by atoms with Gasteiger partial charge in [-0.3, -0.25) is 4.79 Å². The summed E-state index contributed by atoms with van der Waals surface area (Å²) in [5, 5.41) is 8.82. The first kappa shape index (κ1) is 18.2. The van der Waals surface area contributed by atoms with Crippen molar-refractivity contribution in [3.05, 3.63) is 76.9 Å². The first-order valence-electron chi connectivity index (χ1n) is 8.24. The molecule has 3 aromatic heterocycles. The lowest BCUT2D eigenvalue weighted by Gasteiger charge is -2.09. The van der Waals surface area contributed by atoms with Crippen molar-refractivity contribution in [2.24, 2.45) is 0 Å². The average molecular weight is 402 g/mol. The topological polar surface area (TPSA) is 59.3 Å². The number of benzene rings is 1. The van der Waals surface area contributed by atoms with Crippen molar-refractivity contribution in [3.63, 3.8) is 0 Å². The number of hydrogen-bond donors (Lipinski definition) is 1. The van der Waals surface area contributed by atoms with Gasteiger partial charge in [-0.25, -0.2) is 9.50 Å². The Morgan fingerprint density at radius 3 is 2.79 bits per heavy atom. The Bertz CT molecular complexity index is 1140. The SMILES string of the molecule is O=C(NCc1cccc(C(F)(F)F)c1)c1cnn2c(-c3cccs3)ccnc12. The van der Waals surface area contributed by atoms with Crippen LogP contribution in [-0.2, 0) is 12.7 Å². The largest absolute Gasteiger partial charge is 0.416 e. The minimum absolute atomic E-state index is 0.0370. The number of carbonyl (C=O) groups is 1. The van der Waals surface area contributed by atoms with Crippen LogP contribution in [0.5, 0.6) is 0 Å². The van der Waals surface area contributed by atoms with Crippen molar-refractivity contribution >= 4 is 22.9 Å². The van der Waals surface area contributed by atoms with Gasteiger partial charge in [0.25, 0.3) is 5.91 Å². The number of nitrogens with zero attached hydrogens (tertiary/aromatic N) is 3. The second-order valence-corrected chi connectivity index (χ2v) is 6.93. The van der Waals surface area contributed by atoms with E-state index in [9.17, 15) is 18.0 Å². The maximum Gasteiger partial charge on any atom is 0.416 e. The Labute approximate surface area is 161 Å². The molecule has 0 saturated carbocycles. The van der Waals surface area contributed by atoms with Gasteiger partial charge in [0.2, 0.25) is 0 Å². The van der Waals surface area contributed by atoms with Crippen LogP contribution in [0.15, 0.2) is 60.2 Å². The Kier molecular flexibility index (Phi) is 4.60. The molecule has 3 heterocycles. The van der Waals surface area contributed by atoms with E-state index >= 15 is 0 Å². The molecule has 0 aliphatic carbocycles. The summed E-state index contributed by atoms with van der Waals surface area (Å²) in [6.45, 7) is -0.0370. The normalized spacial score (nSPS) is 11.7. The lowest BCUT2D eigenvalue weighted by Crippen LogP contribution is -2.23. The molecule has 4 aromatic rings. The third-order valence-electron chi connectivity index (χ3n) is 4.13. The quantitative estimate of drug-likeness (QED) is 0.550. The van der Waals surface area contributed by atoms with E-state index in [1.54, 1.807) is 16.8 Å². The highest BCUT2D eigenvalue weighted by molar-refractivity contribution is 7.13. The van der Waals surface area contributed by atoms with E-state index in [-0.39, 0.29) is 12.1 Å². The first-order chi connectivity index (χ1) is 13.4. The van der Waals surface area contributed by atoms with Crippen molar-refractivity contribution in [3.8, 4) is 10.6 Å². The molecule has 0 aliphatic rings. The Morgan fingerprint density at radius 1 is 1.18 bits per heavy atom. The van der Waals surface area contributed by atoms with Crippen LogP contribution in [0, 0.1) is 0 Å². The van der Waals surface area contributed by atoms with Gasteiger partial charge < -0.3 is 5.32 Å². The smallest absolute Gasteiger partial charge is 0.348 e. The molecule has 0 unspecified atom stereocenters. The lowest BCUT2D eigenvalue weighted by molar-refractivity contribution is -0.137. The number of aromatic nitrogens is 3. The van der Waals surface area contributed by atoms with E-state index in [0.29, 0.717) is 11.2 Å². The van der Waals surface area contributed by atoms with Gasteiger partial charge in [-0.15, -0.1) is 11.3 Å². The number of nitrogens with one attached hydrogen (secondary N) is 1. The minimum Gasteiger partial charge on any atom is -0.348 e. The van der Waals surface area contributed by atoms with E-state index in [1.807, 2.05) is 17.5 Å². The Hall–Kier alpha value is -3.20. The molecule has 0 atom stereocenters. The number of alkyl halides is 3. The molecular formula is C19H13F3N4OS. The van der Waals surface area contributed by atoms with Gasteiger partial charge in [-0.05, 0) is 35.2 Å². The zero-order valence-corrected chi connectivity index (χ0v) is 15.1. The fraction of sp³-hybridized carbons (Fsp3) is 0.105. The molecule has 9 heteroatoms. The molecular weight excluding hydrogens is 389 g/mol. The molecule has 0 saturated heterocycles. The van der Waals surface area contributed by atoms with Crippen LogP contribution in [0.25, 0.3) is 16.2 Å². The third-order valence-corrected chi connectivity index (χ3v) is 5.02. The highest BCUT2D eigenvalue weighted by Crippen LogP contribution is 2.29. The summed E-state index contributed by atoms with van der Waals surface area (Å²) in [6, 6.07) is 10.5. The van der Waals surface area contributed by atoms with Crippen LogP contribution in [0.3, 0.4) is 0 Å². The molecule has 28 heavy (non-hydrogen) atoms. The fourth-order valence-corrected chi connectivity index (χ4v) is 3.53.